The lowest BCUT2D eigenvalue weighted by molar-refractivity contribution is -0.146. The van der Waals surface area contributed by atoms with Gasteiger partial charge in [-0.2, -0.15) is 0 Å². The average Bonchev–Trinajstić information content (AvgIpc) is 2.14. The highest BCUT2D eigenvalue weighted by atomic mass is 31.2. The highest BCUT2D eigenvalue weighted by Gasteiger charge is 2.35. The highest BCUT2D eigenvalue weighted by molar-refractivity contribution is 7.53. The minimum absolute atomic E-state index is 0.0485. The van der Waals surface area contributed by atoms with Crippen molar-refractivity contribution in [3.05, 3.63) is 0 Å². The van der Waals surface area contributed by atoms with Crippen LogP contribution in [0.5, 0.6) is 0 Å². The molecule has 0 saturated heterocycles. The van der Waals surface area contributed by atoms with E-state index in [1.165, 1.54) is 0 Å². The summed E-state index contributed by atoms with van der Waals surface area (Å²) >= 11 is 0. The Bertz CT molecular complexity index is 319. The van der Waals surface area contributed by atoms with Gasteiger partial charge in [0.05, 0.1) is 0 Å². The summed E-state index contributed by atoms with van der Waals surface area (Å²) in [5, 5.41) is 8.95. The molecule has 0 radical (unpaired) electrons. The van der Waals surface area contributed by atoms with Crippen LogP contribution in [-0.4, -0.2) is 27.9 Å². The summed E-state index contributed by atoms with van der Waals surface area (Å²) in [5.74, 6) is -2.11. The molecule has 0 rings (SSSR count). The fraction of sp³-hybridized carbons (Fsp3) is 0.909. The fourth-order valence-electron chi connectivity index (χ4n) is 1.49. The first-order valence-corrected chi connectivity index (χ1v) is 7.70. The van der Waals surface area contributed by atoms with Crippen molar-refractivity contribution in [3.8, 4) is 0 Å². The number of hydrogen-bond acceptors (Lipinski definition) is 4. The van der Waals surface area contributed by atoms with Crippen LogP contribution in [0, 0.1) is 11.8 Å². The van der Waals surface area contributed by atoms with E-state index in [2.05, 4.69) is 0 Å². The Balaban J connectivity index is 4.69. The van der Waals surface area contributed by atoms with E-state index in [-0.39, 0.29) is 18.3 Å². The van der Waals surface area contributed by atoms with Crippen LogP contribution >= 0.6 is 7.60 Å². The Morgan fingerprint density at radius 2 is 1.67 bits per heavy atom. The summed E-state index contributed by atoms with van der Waals surface area (Å²) in [4.78, 5) is 20.7. The van der Waals surface area contributed by atoms with Gasteiger partial charge < -0.3 is 15.7 Å². The minimum Gasteiger partial charge on any atom is -0.479 e. The normalized spacial score (nSPS) is 18.7. The predicted molar refractivity (Wildman–Crippen MR) is 69.2 cm³/mol. The topological polar surface area (TPSA) is 110 Å². The number of hydrogen-bond donors (Lipinski definition) is 3. The number of carboxylic acid groups (broad SMARTS) is 1. The van der Waals surface area contributed by atoms with Crippen molar-refractivity contribution >= 4 is 13.6 Å². The second-order valence-corrected chi connectivity index (χ2v) is 7.33. The molecular weight excluding hydrogens is 257 g/mol. The number of carboxylic acids is 1. The fourth-order valence-corrected chi connectivity index (χ4v) is 2.88. The van der Waals surface area contributed by atoms with Crippen LogP contribution in [0.15, 0.2) is 0 Å². The Morgan fingerprint density at radius 1 is 1.22 bits per heavy atom. The van der Waals surface area contributed by atoms with Gasteiger partial charge in [-0.05, 0) is 24.7 Å². The Morgan fingerprint density at radius 3 is 2.00 bits per heavy atom. The lowest BCUT2D eigenvalue weighted by Crippen LogP contribution is -2.30. The molecule has 0 aromatic rings. The number of carbonyl (C=O) groups is 1. The van der Waals surface area contributed by atoms with E-state index >= 15 is 0 Å². The molecule has 0 aromatic carbocycles. The Hall–Kier alpha value is -0.420. The zero-order valence-corrected chi connectivity index (χ0v) is 12.3. The van der Waals surface area contributed by atoms with Gasteiger partial charge in [0.1, 0.15) is 5.78 Å². The summed E-state index contributed by atoms with van der Waals surface area (Å²) in [6, 6.07) is 0. The van der Waals surface area contributed by atoms with Crippen LogP contribution in [0.3, 0.4) is 0 Å². The SMILES string of the molecule is CC(C)CC(N)P(=O)(O)O[C@@H](CC(C)C)C(=O)O. The van der Waals surface area contributed by atoms with E-state index in [4.69, 9.17) is 15.4 Å². The van der Waals surface area contributed by atoms with Crippen molar-refractivity contribution in [2.24, 2.45) is 17.6 Å². The van der Waals surface area contributed by atoms with Crippen molar-refractivity contribution in [1.29, 1.82) is 0 Å². The molecule has 18 heavy (non-hydrogen) atoms. The quantitative estimate of drug-likeness (QED) is 0.587. The Kier molecular flexibility index (Phi) is 7.07. The van der Waals surface area contributed by atoms with Gasteiger partial charge in [-0.1, -0.05) is 27.7 Å². The zero-order chi connectivity index (χ0) is 14.5. The van der Waals surface area contributed by atoms with Gasteiger partial charge in [0.25, 0.3) is 0 Å². The smallest absolute Gasteiger partial charge is 0.345 e. The third-order valence-corrected chi connectivity index (χ3v) is 3.98. The second-order valence-electron chi connectivity index (χ2n) is 5.32. The maximum atomic E-state index is 11.9. The van der Waals surface area contributed by atoms with Gasteiger partial charge in [0, 0.05) is 0 Å². The molecule has 6 nitrogen and oxygen atoms in total. The van der Waals surface area contributed by atoms with Gasteiger partial charge in [0.15, 0.2) is 6.10 Å². The van der Waals surface area contributed by atoms with Crippen molar-refractivity contribution in [2.45, 2.75) is 52.4 Å². The first kappa shape index (κ1) is 17.6. The summed E-state index contributed by atoms with van der Waals surface area (Å²) in [6.07, 6.45) is -0.810. The molecule has 0 aliphatic rings. The third kappa shape index (κ3) is 6.50. The average molecular weight is 281 g/mol. The molecule has 0 heterocycles. The molecule has 0 aliphatic heterocycles. The van der Waals surface area contributed by atoms with Gasteiger partial charge in [-0.15, -0.1) is 0 Å². The first-order valence-electron chi connectivity index (χ1n) is 6.05. The van der Waals surface area contributed by atoms with Crippen molar-refractivity contribution in [3.63, 3.8) is 0 Å². The number of rotatable bonds is 8. The molecule has 2 unspecified atom stereocenters. The summed E-state index contributed by atoms with van der Waals surface area (Å²) < 4.78 is 16.8. The van der Waals surface area contributed by atoms with Crippen LogP contribution < -0.4 is 5.73 Å². The first-order chi connectivity index (χ1) is 8.06. The van der Waals surface area contributed by atoms with Crippen LogP contribution in [-0.2, 0) is 13.9 Å². The molecule has 0 fully saturated rings. The number of aliphatic carboxylic acids is 1. The maximum absolute atomic E-state index is 11.9. The standard InChI is InChI=1S/C11H24NO5P/c1-7(2)5-9(11(13)14)17-18(15,16)10(12)6-8(3)4/h7-10H,5-6,12H2,1-4H3,(H,13,14)(H,15,16)/t9-,10?/m0/s1. The van der Waals surface area contributed by atoms with E-state index < -0.39 is 25.5 Å². The molecule has 108 valence electrons. The van der Waals surface area contributed by atoms with Crippen molar-refractivity contribution < 1.29 is 23.9 Å². The van der Waals surface area contributed by atoms with Gasteiger partial charge in [0.2, 0.25) is 0 Å². The minimum atomic E-state index is -4.11. The zero-order valence-electron chi connectivity index (χ0n) is 11.4. The highest BCUT2D eigenvalue weighted by Crippen LogP contribution is 2.49. The molecule has 0 aromatic heterocycles. The Labute approximate surface area is 108 Å². The van der Waals surface area contributed by atoms with E-state index in [9.17, 15) is 14.3 Å². The molecule has 0 aliphatic carbocycles. The molecule has 3 atom stereocenters. The monoisotopic (exact) mass is 281 g/mol. The maximum Gasteiger partial charge on any atom is 0.345 e. The largest absolute Gasteiger partial charge is 0.479 e. The third-order valence-electron chi connectivity index (χ3n) is 2.37. The molecular formula is C11H24NO5P. The van der Waals surface area contributed by atoms with Crippen molar-refractivity contribution in [1.82, 2.24) is 0 Å². The van der Waals surface area contributed by atoms with Crippen LogP contribution in [0.25, 0.3) is 0 Å². The summed E-state index contributed by atoms with van der Waals surface area (Å²) in [5.41, 5.74) is 5.60. The lowest BCUT2D eigenvalue weighted by atomic mass is 10.1. The van der Waals surface area contributed by atoms with Crippen LogP contribution in [0.4, 0.5) is 0 Å². The molecule has 0 saturated carbocycles. The van der Waals surface area contributed by atoms with E-state index in [1.54, 1.807) is 0 Å². The van der Waals surface area contributed by atoms with Gasteiger partial charge in [-0.25, -0.2) is 4.79 Å². The molecule has 0 spiro atoms. The van der Waals surface area contributed by atoms with Crippen LogP contribution in [0.2, 0.25) is 0 Å². The molecule has 4 N–H and O–H groups in total. The lowest BCUT2D eigenvalue weighted by Gasteiger charge is -2.24. The summed E-state index contributed by atoms with van der Waals surface area (Å²) in [6.45, 7) is 7.36. The van der Waals surface area contributed by atoms with Gasteiger partial charge in [-0.3, -0.25) is 9.09 Å². The van der Waals surface area contributed by atoms with E-state index in [0.717, 1.165) is 0 Å². The van der Waals surface area contributed by atoms with Crippen LogP contribution in [0.1, 0.15) is 40.5 Å². The molecule has 0 amide bonds. The molecule has 0 bridgehead atoms. The van der Waals surface area contributed by atoms with E-state index in [1.807, 2.05) is 27.7 Å². The van der Waals surface area contributed by atoms with Crippen molar-refractivity contribution in [2.75, 3.05) is 0 Å². The predicted octanol–water partition coefficient (Wildman–Crippen LogP) is 2.02. The van der Waals surface area contributed by atoms with E-state index in [0.29, 0.717) is 6.42 Å². The van der Waals surface area contributed by atoms with Gasteiger partial charge >= 0.3 is 13.6 Å². The number of nitrogens with two attached hydrogens (primary N) is 1. The second kappa shape index (κ2) is 7.24. The summed E-state index contributed by atoms with van der Waals surface area (Å²) in [7, 11) is -4.11. The molecule has 7 heteroatoms.